The highest BCUT2D eigenvalue weighted by atomic mass is 32.1. The third-order valence-corrected chi connectivity index (χ3v) is 5.37. The molecular formula is C22H32N3O6S-. The first kappa shape index (κ1) is 27.3. The predicted octanol–water partition coefficient (Wildman–Crippen LogP) is -0.315. The number of carboxylic acids is 1. The molecule has 3 amide bonds. The number of carbonyl (C=O) groups is 4. The number of carbonyl (C=O) groups excluding carboxylic acids is 4. The minimum Gasteiger partial charge on any atom is -0.548 e. The van der Waals surface area contributed by atoms with Crippen LogP contribution in [0.5, 0.6) is 5.75 Å². The number of ether oxygens (including phenoxy) is 1. The Morgan fingerprint density at radius 1 is 1.09 bits per heavy atom. The zero-order valence-corrected chi connectivity index (χ0v) is 19.7. The molecule has 3 N–H and O–H groups in total. The Hall–Kier alpha value is -2.75. The highest BCUT2D eigenvalue weighted by molar-refractivity contribution is 7.81. The number of nitrogens with one attached hydrogen (secondary N) is 3. The summed E-state index contributed by atoms with van der Waals surface area (Å²) >= 11 is 4.44. The maximum absolute atomic E-state index is 13.1. The summed E-state index contributed by atoms with van der Waals surface area (Å²) in [5, 5.41) is 17.4. The molecule has 0 bridgehead atoms. The number of thiol groups is 1. The van der Waals surface area contributed by atoms with Crippen molar-refractivity contribution in [2.45, 2.75) is 44.4 Å². The Kier molecular flexibility index (Phi) is 11.6. The van der Waals surface area contributed by atoms with Gasteiger partial charge in [0.25, 0.3) is 0 Å². The molecule has 0 aliphatic carbocycles. The smallest absolute Gasteiger partial charge is 0.242 e. The number of likely N-dealkylation sites (N-methyl/N-ethyl adjacent to an activating group) is 1. The minimum atomic E-state index is -1.41. The second-order valence-corrected chi connectivity index (χ2v) is 8.55. The fourth-order valence-corrected chi connectivity index (χ4v) is 3.60. The third-order valence-electron chi connectivity index (χ3n) is 4.83. The van der Waals surface area contributed by atoms with Crippen molar-refractivity contribution in [3.8, 4) is 5.75 Å². The van der Waals surface area contributed by atoms with Gasteiger partial charge in [0.05, 0.1) is 25.5 Å². The van der Waals surface area contributed by atoms with Crippen LogP contribution in [0.4, 0.5) is 0 Å². The SMILES string of the molecule is CNC(=O)C(Cc1ccc(OC)cc1)NC(=O)C(CC(C)C)C(S)CC(=O)NCC(=O)[O-]. The summed E-state index contributed by atoms with van der Waals surface area (Å²) in [5.74, 6) is -2.54. The summed E-state index contributed by atoms with van der Waals surface area (Å²) in [6, 6.07) is 6.36. The fraction of sp³-hybridized carbons (Fsp3) is 0.545. The largest absolute Gasteiger partial charge is 0.548 e. The van der Waals surface area contributed by atoms with E-state index in [0.717, 1.165) is 5.56 Å². The van der Waals surface area contributed by atoms with Crippen LogP contribution in [0.1, 0.15) is 32.3 Å². The Bertz CT molecular complexity index is 784. The standard InChI is InChI=1S/C22H33N3O6S/c1-13(2)9-16(18(32)11-19(26)24-12-20(27)28)21(29)25-17(22(30)23-3)10-14-5-7-15(31-4)8-6-14/h5-8,13,16-18,32H,9-12H2,1-4H3,(H,23,30)(H,24,26)(H,25,29)(H,27,28)/p-1. The number of carboxylic acid groups (broad SMARTS) is 1. The first-order valence-electron chi connectivity index (χ1n) is 10.4. The Morgan fingerprint density at radius 2 is 1.72 bits per heavy atom. The number of benzene rings is 1. The summed E-state index contributed by atoms with van der Waals surface area (Å²) in [6.45, 7) is 3.26. The van der Waals surface area contributed by atoms with Crippen LogP contribution in [-0.4, -0.2) is 55.7 Å². The zero-order chi connectivity index (χ0) is 24.3. The van der Waals surface area contributed by atoms with Gasteiger partial charge in [0.1, 0.15) is 11.8 Å². The van der Waals surface area contributed by atoms with E-state index in [-0.39, 0.29) is 24.7 Å². The lowest BCUT2D eigenvalue weighted by Gasteiger charge is -2.26. The summed E-state index contributed by atoms with van der Waals surface area (Å²) < 4.78 is 5.14. The number of methoxy groups -OCH3 is 1. The number of hydrogen-bond acceptors (Lipinski definition) is 7. The first-order valence-corrected chi connectivity index (χ1v) is 10.9. The van der Waals surface area contributed by atoms with E-state index < -0.39 is 41.5 Å². The first-order chi connectivity index (χ1) is 15.1. The lowest BCUT2D eigenvalue weighted by molar-refractivity contribution is -0.304. The van der Waals surface area contributed by atoms with Crippen molar-refractivity contribution in [1.29, 1.82) is 0 Å². The lowest BCUT2D eigenvalue weighted by atomic mass is 9.90. The van der Waals surface area contributed by atoms with Crippen molar-refractivity contribution in [2.24, 2.45) is 11.8 Å². The average molecular weight is 467 g/mol. The Morgan fingerprint density at radius 3 is 2.22 bits per heavy atom. The van der Waals surface area contributed by atoms with E-state index in [1.54, 1.807) is 19.2 Å². The van der Waals surface area contributed by atoms with Crippen LogP contribution in [0, 0.1) is 11.8 Å². The highest BCUT2D eigenvalue weighted by Gasteiger charge is 2.31. The predicted molar refractivity (Wildman–Crippen MR) is 121 cm³/mol. The molecule has 0 radical (unpaired) electrons. The van der Waals surface area contributed by atoms with E-state index in [1.807, 2.05) is 26.0 Å². The van der Waals surface area contributed by atoms with E-state index in [2.05, 4.69) is 28.6 Å². The van der Waals surface area contributed by atoms with E-state index >= 15 is 0 Å². The molecule has 3 atom stereocenters. The van der Waals surface area contributed by atoms with Crippen LogP contribution in [0.3, 0.4) is 0 Å². The minimum absolute atomic E-state index is 0.131. The van der Waals surface area contributed by atoms with Crippen molar-refractivity contribution in [3.63, 3.8) is 0 Å². The van der Waals surface area contributed by atoms with E-state index in [1.165, 1.54) is 7.05 Å². The number of hydrogen-bond donors (Lipinski definition) is 4. The van der Waals surface area contributed by atoms with Crippen LogP contribution in [0.2, 0.25) is 0 Å². The average Bonchev–Trinajstić information content (AvgIpc) is 2.75. The van der Waals surface area contributed by atoms with Gasteiger partial charge in [0, 0.05) is 25.1 Å². The molecule has 10 heteroatoms. The molecule has 0 heterocycles. The number of amides is 3. The zero-order valence-electron chi connectivity index (χ0n) is 18.8. The molecule has 0 saturated heterocycles. The molecule has 0 aliphatic heterocycles. The number of aliphatic carboxylic acids is 1. The maximum atomic E-state index is 13.1. The summed E-state index contributed by atoms with van der Waals surface area (Å²) in [7, 11) is 3.05. The fourth-order valence-electron chi connectivity index (χ4n) is 3.18. The Labute approximate surface area is 194 Å². The molecule has 1 aromatic carbocycles. The van der Waals surface area contributed by atoms with E-state index in [9.17, 15) is 24.3 Å². The second-order valence-electron chi connectivity index (χ2n) is 7.88. The second kappa shape index (κ2) is 13.6. The van der Waals surface area contributed by atoms with Gasteiger partial charge in [-0.3, -0.25) is 14.4 Å². The normalized spacial score (nSPS) is 13.6. The van der Waals surface area contributed by atoms with Gasteiger partial charge in [-0.1, -0.05) is 26.0 Å². The molecule has 0 aromatic heterocycles. The molecule has 3 unspecified atom stereocenters. The van der Waals surface area contributed by atoms with Crippen molar-refractivity contribution < 1.29 is 29.0 Å². The monoisotopic (exact) mass is 466 g/mol. The molecule has 178 valence electrons. The summed E-state index contributed by atoms with van der Waals surface area (Å²) in [4.78, 5) is 48.0. The summed E-state index contributed by atoms with van der Waals surface area (Å²) in [6.07, 6.45) is 0.564. The topological polar surface area (TPSA) is 137 Å². The van der Waals surface area contributed by atoms with Crippen molar-refractivity contribution in [2.75, 3.05) is 20.7 Å². The van der Waals surface area contributed by atoms with Crippen molar-refractivity contribution in [3.05, 3.63) is 29.8 Å². The third kappa shape index (κ3) is 9.59. The number of rotatable bonds is 13. The maximum Gasteiger partial charge on any atom is 0.242 e. The van der Waals surface area contributed by atoms with Gasteiger partial charge in [-0.05, 0) is 30.0 Å². The van der Waals surface area contributed by atoms with Gasteiger partial charge in [-0.2, -0.15) is 12.6 Å². The van der Waals surface area contributed by atoms with E-state index in [4.69, 9.17) is 4.74 Å². The van der Waals surface area contributed by atoms with Gasteiger partial charge in [-0.15, -0.1) is 0 Å². The van der Waals surface area contributed by atoms with Crippen LogP contribution < -0.4 is 25.8 Å². The van der Waals surface area contributed by atoms with Crippen LogP contribution in [-0.2, 0) is 25.6 Å². The molecule has 32 heavy (non-hydrogen) atoms. The van der Waals surface area contributed by atoms with Crippen molar-refractivity contribution in [1.82, 2.24) is 16.0 Å². The molecule has 1 aromatic rings. The molecule has 1 rings (SSSR count). The molecule has 9 nitrogen and oxygen atoms in total. The quantitative estimate of drug-likeness (QED) is 0.294. The van der Waals surface area contributed by atoms with Crippen molar-refractivity contribution >= 4 is 36.3 Å². The van der Waals surface area contributed by atoms with Crippen LogP contribution >= 0.6 is 12.6 Å². The van der Waals surface area contributed by atoms with Gasteiger partial charge < -0.3 is 30.6 Å². The van der Waals surface area contributed by atoms with Crippen LogP contribution in [0.15, 0.2) is 24.3 Å². The molecule has 0 spiro atoms. The lowest BCUT2D eigenvalue weighted by Crippen LogP contribution is -2.50. The van der Waals surface area contributed by atoms with E-state index in [0.29, 0.717) is 12.2 Å². The molecular weight excluding hydrogens is 434 g/mol. The summed E-state index contributed by atoms with van der Waals surface area (Å²) in [5.41, 5.74) is 0.837. The van der Waals surface area contributed by atoms with Gasteiger partial charge in [0.2, 0.25) is 17.7 Å². The molecule has 0 aliphatic rings. The Balaban J connectivity index is 2.92. The highest BCUT2D eigenvalue weighted by Crippen LogP contribution is 2.23. The van der Waals surface area contributed by atoms with Gasteiger partial charge in [0.15, 0.2) is 0 Å². The van der Waals surface area contributed by atoms with Crippen LogP contribution in [0.25, 0.3) is 0 Å². The van der Waals surface area contributed by atoms with Gasteiger partial charge >= 0.3 is 0 Å². The van der Waals surface area contributed by atoms with Gasteiger partial charge in [-0.25, -0.2) is 0 Å². The molecule has 0 saturated carbocycles. The molecule has 0 fully saturated rings.